The van der Waals surface area contributed by atoms with Gasteiger partial charge < -0.3 is 10.4 Å². The highest BCUT2D eigenvalue weighted by molar-refractivity contribution is 4.73. The number of hydrogen-bond acceptors (Lipinski definition) is 3. The van der Waals surface area contributed by atoms with Gasteiger partial charge in [0.05, 0.1) is 6.07 Å². The van der Waals surface area contributed by atoms with Crippen molar-refractivity contribution in [2.45, 2.75) is 18.7 Å². The molecule has 0 aromatic heterocycles. The summed E-state index contributed by atoms with van der Waals surface area (Å²) < 4.78 is 34.8. The molecule has 1 unspecified atom stereocenters. The van der Waals surface area contributed by atoms with Crippen LogP contribution in [0, 0.1) is 11.3 Å². The molecule has 0 rings (SSSR count). The number of nitrogens with zero attached hydrogens (tertiary/aromatic N) is 1. The van der Waals surface area contributed by atoms with Gasteiger partial charge in [-0.25, -0.2) is 0 Å². The molecule has 0 aromatic carbocycles. The van der Waals surface area contributed by atoms with Crippen LogP contribution in [0.3, 0.4) is 0 Å². The van der Waals surface area contributed by atoms with E-state index in [1.54, 1.807) is 6.07 Å². The first-order chi connectivity index (χ1) is 5.48. The highest BCUT2D eigenvalue weighted by Gasteiger charge is 2.37. The van der Waals surface area contributed by atoms with Gasteiger partial charge in [0, 0.05) is 19.5 Å². The van der Waals surface area contributed by atoms with Crippen molar-refractivity contribution < 1.29 is 18.3 Å². The number of hydrogen-bond donors (Lipinski definition) is 2. The molecule has 0 fully saturated rings. The average Bonchev–Trinajstić information content (AvgIpc) is 1.96. The van der Waals surface area contributed by atoms with Gasteiger partial charge in [-0.15, -0.1) is 0 Å². The van der Waals surface area contributed by atoms with Gasteiger partial charge in [-0.1, -0.05) is 0 Å². The maximum atomic E-state index is 11.6. The number of aliphatic hydroxyl groups is 1. The van der Waals surface area contributed by atoms with E-state index in [0.29, 0.717) is 0 Å². The first-order valence-corrected chi connectivity index (χ1v) is 3.31. The molecule has 12 heavy (non-hydrogen) atoms. The number of halogens is 3. The van der Waals surface area contributed by atoms with Crippen LogP contribution in [-0.4, -0.2) is 30.5 Å². The molecule has 0 radical (unpaired) electrons. The Morgan fingerprint density at radius 1 is 1.50 bits per heavy atom. The van der Waals surface area contributed by atoms with E-state index in [9.17, 15) is 13.2 Å². The number of rotatable bonds is 4. The van der Waals surface area contributed by atoms with Gasteiger partial charge in [0.2, 0.25) is 0 Å². The van der Waals surface area contributed by atoms with Crippen molar-refractivity contribution in [2.75, 3.05) is 13.1 Å². The molecular formula is C6H9F3N2O. The van der Waals surface area contributed by atoms with E-state index >= 15 is 0 Å². The minimum Gasteiger partial charge on any atom is -0.382 e. The van der Waals surface area contributed by atoms with E-state index in [-0.39, 0.29) is 13.0 Å². The number of nitrogens with one attached hydrogen (secondary N) is 1. The monoisotopic (exact) mass is 182 g/mol. The lowest BCUT2D eigenvalue weighted by Gasteiger charge is -2.14. The summed E-state index contributed by atoms with van der Waals surface area (Å²) in [5.41, 5.74) is 0. The van der Waals surface area contributed by atoms with E-state index in [1.807, 2.05) is 0 Å². The molecule has 3 nitrogen and oxygen atoms in total. The fourth-order valence-electron chi connectivity index (χ4n) is 0.499. The van der Waals surface area contributed by atoms with Gasteiger partial charge >= 0.3 is 6.18 Å². The van der Waals surface area contributed by atoms with Gasteiger partial charge in [0.15, 0.2) is 6.10 Å². The minimum atomic E-state index is -4.58. The van der Waals surface area contributed by atoms with Crippen LogP contribution in [0.2, 0.25) is 0 Å². The molecule has 6 heteroatoms. The molecule has 0 aromatic rings. The standard InChI is InChI=1S/C6H9F3N2O/c7-6(8,9)5(12)4-11-3-1-2-10/h5,11-12H,1,3-4H2. The van der Waals surface area contributed by atoms with Gasteiger partial charge in [0.1, 0.15) is 0 Å². The third-order valence-corrected chi connectivity index (χ3v) is 1.13. The zero-order valence-corrected chi connectivity index (χ0v) is 6.23. The van der Waals surface area contributed by atoms with Gasteiger partial charge in [-0.05, 0) is 0 Å². The third kappa shape index (κ3) is 4.93. The largest absolute Gasteiger partial charge is 0.415 e. The summed E-state index contributed by atoms with van der Waals surface area (Å²) in [6, 6.07) is 1.75. The zero-order valence-electron chi connectivity index (χ0n) is 6.23. The summed E-state index contributed by atoms with van der Waals surface area (Å²) in [5, 5.41) is 18.7. The van der Waals surface area contributed by atoms with Crippen molar-refractivity contribution in [1.29, 1.82) is 5.26 Å². The minimum absolute atomic E-state index is 0.130. The fourth-order valence-corrected chi connectivity index (χ4v) is 0.499. The predicted molar refractivity (Wildman–Crippen MR) is 35.2 cm³/mol. The topological polar surface area (TPSA) is 56.0 Å². The lowest BCUT2D eigenvalue weighted by Crippen LogP contribution is -2.38. The average molecular weight is 182 g/mol. The van der Waals surface area contributed by atoms with Crippen molar-refractivity contribution in [2.24, 2.45) is 0 Å². The Hall–Kier alpha value is -0.800. The molecule has 2 N–H and O–H groups in total. The van der Waals surface area contributed by atoms with Gasteiger partial charge in [-0.2, -0.15) is 18.4 Å². The summed E-state index contributed by atoms with van der Waals surface area (Å²) in [6.45, 7) is -0.408. The molecule has 0 aliphatic heterocycles. The van der Waals surface area contributed by atoms with Crippen molar-refractivity contribution in [3.05, 3.63) is 0 Å². The summed E-state index contributed by atoms with van der Waals surface area (Å²) in [5.74, 6) is 0. The molecule has 0 spiro atoms. The Bertz CT molecular complexity index is 163. The summed E-state index contributed by atoms with van der Waals surface area (Å²) in [6.07, 6.45) is -6.80. The Morgan fingerprint density at radius 3 is 2.50 bits per heavy atom. The van der Waals surface area contributed by atoms with Crippen LogP contribution in [0.5, 0.6) is 0 Å². The van der Waals surface area contributed by atoms with E-state index in [0.717, 1.165) is 0 Å². The van der Waals surface area contributed by atoms with Crippen LogP contribution in [0.25, 0.3) is 0 Å². The van der Waals surface area contributed by atoms with Gasteiger partial charge in [-0.3, -0.25) is 0 Å². The summed E-state index contributed by atoms with van der Waals surface area (Å²) in [4.78, 5) is 0. The molecule has 0 amide bonds. The third-order valence-electron chi connectivity index (χ3n) is 1.13. The van der Waals surface area contributed by atoms with Crippen molar-refractivity contribution >= 4 is 0 Å². The molecule has 0 bridgehead atoms. The van der Waals surface area contributed by atoms with Crippen molar-refractivity contribution in [3.63, 3.8) is 0 Å². The fraction of sp³-hybridized carbons (Fsp3) is 0.833. The molecular weight excluding hydrogens is 173 g/mol. The van der Waals surface area contributed by atoms with Crippen LogP contribution in [0.1, 0.15) is 6.42 Å². The van der Waals surface area contributed by atoms with Crippen LogP contribution < -0.4 is 5.32 Å². The maximum Gasteiger partial charge on any atom is 0.415 e. The number of aliphatic hydroxyl groups excluding tert-OH is 1. The Balaban J connectivity index is 3.46. The molecule has 0 aliphatic carbocycles. The highest BCUT2D eigenvalue weighted by atomic mass is 19.4. The van der Waals surface area contributed by atoms with Crippen molar-refractivity contribution in [3.8, 4) is 6.07 Å². The molecule has 0 saturated heterocycles. The normalized spacial score (nSPS) is 13.9. The van der Waals surface area contributed by atoms with Crippen LogP contribution >= 0.6 is 0 Å². The number of nitriles is 1. The summed E-state index contributed by atoms with van der Waals surface area (Å²) in [7, 11) is 0. The maximum absolute atomic E-state index is 11.6. The second-order valence-electron chi connectivity index (χ2n) is 2.17. The molecule has 70 valence electrons. The molecule has 0 heterocycles. The SMILES string of the molecule is N#CCCNCC(O)C(F)(F)F. The lowest BCUT2D eigenvalue weighted by atomic mass is 10.3. The van der Waals surface area contributed by atoms with Crippen molar-refractivity contribution in [1.82, 2.24) is 5.32 Å². The van der Waals surface area contributed by atoms with Crippen LogP contribution in [0.15, 0.2) is 0 Å². The molecule has 0 saturated carbocycles. The lowest BCUT2D eigenvalue weighted by molar-refractivity contribution is -0.201. The van der Waals surface area contributed by atoms with E-state index in [1.165, 1.54) is 0 Å². The van der Waals surface area contributed by atoms with Crippen LogP contribution in [0.4, 0.5) is 13.2 Å². The smallest absolute Gasteiger partial charge is 0.382 e. The second-order valence-corrected chi connectivity index (χ2v) is 2.17. The number of alkyl halides is 3. The van der Waals surface area contributed by atoms with E-state index in [4.69, 9.17) is 10.4 Å². The second kappa shape index (κ2) is 4.95. The Morgan fingerprint density at radius 2 is 2.08 bits per heavy atom. The highest BCUT2D eigenvalue weighted by Crippen LogP contribution is 2.18. The van der Waals surface area contributed by atoms with Gasteiger partial charge in [0.25, 0.3) is 0 Å². The Kier molecular flexibility index (Phi) is 4.62. The molecule has 0 aliphatic rings. The molecule has 1 atom stereocenters. The summed E-state index contributed by atoms with van der Waals surface area (Å²) >= 11 is 0. The first kappa shape index (κ1) is 11.2. The quantitative estimate of drug-likeness (QED) is 0.619. The van der Waals surface area contributed by atoms with E-state index < -0.39 is 18.8 Å². The van der Waals surface area contributed by atoms with Crippen LogP contribution in [-0.2, 0) is 0 Å². The predicted octanol–water partition coefficient (Wildman–Crippen LogP) is 0.413. The first-order valence-electron chi connectivity index (χ1n) is 3.31. The van der Waals surface area contributed by atoms with E-state index in [2.05, 4.69) is 5.32 Å². The zero-order chi connectivity index (χ0) is 9.61. The Labute approximate surface area is 67.8 Å².